The van der Waals surface area contributed by atoms with Gasteiger partial charge in [-0.3, -0.25) is 0 Å². The second-order valence-corrected chi connectivity index (χ2v) is 6.00. The van der Waals surface area contributed by atoms with E-state index >= 15 is 0 Å². The quantitative estimate of drug-likeness (QED) is 0.654. The Labute approximate surface area is 132 Å². The molecule has 0 amide bonds. The summed E-state index contributed by atoms with van der Waals surface area (Å²) >= 11 is 3.49. The van der Waals surface area contributed by atoms with Crippen LogP contribution in [0.1, 0.15) is 18.6 Å². The van der Waals surface area contributed by atoms with E-state index in [1.165, 1.54) is 10.8 Å². The van der Waals surface area contributed by atoms with Crippen LogP contribution in [0.2, 0.25) is 0 Å². The van der Waals surface area contributed by atoms with Crippen molar-refractivity contribution in [3.63, 3.8) is 0 Å². The predicted molar refractivity (Wildman–Crippen MR) is 91.5 cm³/mol. The Morgan fingerprint density at radius 1 is 0.905 bits per heavy atom. The molecule has 0 radical (unpaired) electrons. The van der Waals surface area contributed by atoms with Crippen LogP contribution in [-0.2, 0) is 0 Å². The second-order valence-electron chi connectivity index (χ2n) is 5.08. The first-order valence-corrected chi connectivity index (χ1v) is 7.62. The largest absolute Gasteiger partial charge is 0.486 e. The maximum Gasteiger partial charge on any atom is 0.121 e. The van der Waals surface area contributed by atoms with E-state index in [0.29, 0.717) is 0 Å². The summed E-state index contributed by atoms with van der Waals surface area (Å²) in [7, 11) is 0. The summed E-state index contributed by atoms with van der Waals surface area (Å²) in [4.78, 5) is 0. The summed E-state index contributed by atoms with van der Waals surface area (Å²) in [6.45, 7) is 2.04. The lowest BCUT2D eigenvalue weighted by molar-refractivity contribution is 0.227. The Morgan fingerprint density at radius 3 is 2.33 bits per heavy atom. The summed E-state index contributed by atoms with van der Waals surface area (Å²) in [5.41, 5.74) is 7.59. The SMILES string of the molecule is CC(Oc1ccc2cc(Br)ccc2c1)c1ccc(N)cc1. The van der Waals surface area contributed by atoms with Gasteiger partial charge in [0.2, 0.25) is 0 Å². The molecule has 0 fully saturated rings. The Balaban J connectivity index is 1.84. The molecule has 0 spiro atoms. The van der Waals surface area contributed by atoms with Crippen molar-refractivity contribution in [2.24, 2.45) is 0 Å². The van der Waals surface area contributed by atoms with Crippen LogP contribution in [0.4, 0.5) is 5.69 Å². The van der Waals surface area contributed by atoms with Crippen molar-refractivity contribution in [2.75, 3.05) is 5.73 Å². The van der Waals surface area contributed by atoms with Crippen molar-refractivity contribution in [2.45, 2.75) is 13.0 Å². The van der Waals surface area contributed by atoms with Crippen molar-refractivity contribution in [1.29, 1.82) is 0 Å². The van der Waals surface area contributed by atoms with Gasteiger partial charge in [-0.1, -0.05) is 40.2 Å². The lowest BCUT2D eigenvalue weighted by atomic mass is 10.1. The molecule has 0 aliphatic heterocycles. The molecule has 21 heavy (non-hydrogen) atoms. The molecule has 2 N–H and O–H groups in total. The van der Waals surface area contributed by atoms with Gasteiger partial charge in [0.1, 0.15) is 11.9 Å². The highest BCUT2D eigenvalue weighted by atomic mass is 79.9. The Hall–Kier alpha value is -2.00. The number of halogens is 1. The molecule has 0 heterocycles. The molecule has 106 valence electrons. The zero-order valence-electron chi connectivity index (χ0n) is 11.7. The molecule has 0 aliphatic rings. The van der Waals surface area contributed by atoms with E-state index < -0.39 is 0 Å². The number of anilines is 1. The van der Waals surface area contributed by atoms with Gasteiger partial charge in [0.25, 0.3) is 0 Å². The third-order valence-electron chi connectivity index (χ3n) is 3.49. The summed E-state index contributed by atoms with van der Waals surface area (Å²) in [6, 6.07) is 20.2. The van der Waals surface area contributed by atoms with E-state index in [4.69, 9.17) is 10.5 Å². The van der Waals surface area contributed by atoms with Gasteiger partial charge in [-0.15, -0.1) is 0 Å². The lowest BCUT2D eigenvalue weighted by Gasteiger charge is -2.15. The maximum absolute atomic E-state index is 6.03. The molecule has 3 aromatic carbocycles. The number of ether oxygens (including phenoxy) is 1. The van der Waals surface area contributed by atoms with Gasteiger partial charge in [-0.05, 0) is 59.7 Å². The normalized spacial score (nSPS) is 12.3. The zero-order chi connectivity index (χ0) is 14.8. The average Bonchev–Trinajstić information content (AvgIpc) is 2.48. The van der Waals surface area contributed by atoms with Crippen LogP contribution in [-0.4, -0.2) is 0 Å². The van der Waals surface area contributed by atoms with Gasteiger partial charge >= 0.3 is 0 Å². The smallest absolute Gasteiger partial charge is 0.121 e. The number of fused-ring (bicyclic) bond motifs is 1. The summed E-state index contributed by atoms with van der Waals surface area (Å²) in [6.07, 6.45) is -0.0153. The second kappa shape index (κ2) is 5.78. The number of benzene rings is 3. The van der Waals surface area contributed by atoms with Gasteiger partial charge in [-0.2, -0.15) is 0 Å². The van der Waals surface area contributed by atoms with E-state index in [2.05, 4.69) is 40.2 Å². The molecule has 3 heteroatoms. The van der Waals surface area contributed by atoms with Gasteiger partial charge in [0, 0.05) is 10.2 Å². The van der Waals surface area contributed by atoms with Crippen molar-refractivity contribution < 1.29 is 4.74 Å². The number of nitrogen functional groups attached to an aromatic ring is 1. The molecule has 0 saturated carbocycles. The molecule has 0 aliphatic carbocycles. The fraction of sp³-hybridized carbons (Fsp3) is 0.111. The number of hydrogen-bond acceptors (Lipinski definition) is 2. The van der Waals surface area contributed by atoms with Crippen LogP contribution in [0.3, 0.4) is 0 Å². The first-order valence-electron chi connectivity index (χ1n) is 6.83. The Kier molecular flexibility index (Phi) is 3.84. The molecule has 3 rings (SSSR count). The first kappa shape index (κ1) is 14.0. The van der Waals surface area contributed by atoms with E-state index in [1.807, 2.05) is 43.3 Å². The van der Waals surface area contributed by atoms with Gasteiger partial charge in [0.15, 0.2) is 0 Å². The molecule has 0 bridgehead atoms. The van der Waals surface area contributed by atoms with Crippen LogP contribution >= 0.6 is 15.9 Å². The van der Waals surface area contributed by atoms with Gasteiger partial charge in [-0.25, -0.2) is 0 Å². The summed E-state index contributed by atoms with van der Waals surface area (Å²) in [5, 5.41) is 2.36. The van der Waals surface area contributed by atoms with Crippen LogP contribution in [0, 0.1) is 0 Å². The third-order valence-corrected chi connectivity index (χ3v) is 3.99. The predicted octanol–water partition coefficient (Wildman–Crippen LogP) is 5.32. The van der Waals surface area contributed by atoms with Gasteiger partial charge in [0.05, 0.1) is 0 Å². The van der Waals surface area contributed by atoms with Crippen molar-refractivity contribution in [3.05, 3.63) is 70.7 Å². The van der Waals surface area contributed by atoms with Gasteiger partial charge < -0.3 is 10.5 Å². The molecule has 0 saturated heterocycles. The van der Waals surface area contributed by atoms with Crippen molar-refractivity contribution in [1.82, 2.24) is 0 Å². The van der Waals surface area contributed by atoms with E-state index in [1.54, 1.807) is 0 Å². The lowest BCUT2D eigenvalue weighted by Crippen LogP contribution is -2.03. The topological polar surface area (TPSA) is 35.2 Å². The minimum absolute atomic E-state index is 0.0153. The molecule has 1 unspecified atom stereocenters. The van der Waals surface area contributed by atoms with E-state index in [-0.39, 0.29) is 6.10 Å². The zero-order valence-corrected chi connectivity index (χ0v) is 13.3. The van der Waals surface area contributed by atoms with E-state index in [0.717, 1.165) is 21.5 Å². The molecule has 0 aromatic heterocycles. The molecule has 1 atom stereocenters. The fourth-order valence-electron chi connectivity index (χ4n) is 2.31. The number of nitrogens with two attached hydrogens (primary N) is 1. The highest BCUT2D eigenvalue weighted by Crippen LogP contribution is 2.27. The number of hydrogen-bond donors (Lipinski definition) is 1. The summed E-state index contributed by atoms with van der Waals surface area (Å²) in [5.74, 6) is 0.870. The Morgan fingerprint density at radius 2 is 1.57 bits per heavy atom. The monoisotopic (exact) mass is 341 g/mol. The number of rotatable bonds is 3. The van der Waals surface area contributed by atoms with Crippen molar-refractivity contribution >= 4 is 32.4 Å². The fourth-order valence-corrected chi connectivity index (χ4v) is 2.69. The minimum Gasteiger partial charge on any atom is -0.486 e. The molecular weight excluding hydrogens is 326 g/mol. The van der Waals surface area contributed by atoms with Crippen LogP contribution in [0.25, 0.3) is 10.8 Å². The summed E-state index contributed by atoms with van der Waals surface area (Å²) < 4.78 is 7.11. The highest BCUT2D eigenvalue weighted by molar-refractivity contribution is 9.10. The highest BCUT2D eigenvalue weighted by Gasteiger charge is 2.07. The standard InChI is InChI=1S/C18H16BrNO/c1-12(13-3-7-17(20)8-4-13)21-18-9-5-14-10-16(19)6-2-15(14)11-18/h2-12H,20H2,1H3. The van der Waals surface area contributed by atoms with Crippen LogP contribution < -0.4 is 10.5 Å². The minimum atomic E-state index is -0.0153. The average molecular weight is 342 g/mol. The third kappa shape index (κ3) is 3.19. The Bertz CT molecular complexity index is 768. The molecule has 2 nitrogen and oxygen atoms in total. The molecule has 3 aromatic rings. The van der Waals surface area contributed by atoms with Crippen LogP contribution in [0.5, 0.6) is 5.75 Å². The van der Waals surface area contributed by atoms with E-state index in [9.17, 15) is 0 Å². The van der Waals surface area contributed by atoms with Crippen molar-refractivity contribution in [3.8, 4) is 5.75 Å². The van der Waals surface area contributed by atoms with Crippen LogP contribution in [0.15, 0.2) is 65.1 Å². The molecular formula is C18H16BrNO. The first-order chi connectivity index (χ1) is 10.1. The maximum atomic E-state index is 6.03.